The van der Waals surface area contributed by atoms with Crippen LogP contribution in [0.15, 0.2) is 33.8 Å². The third-order valence-electron chi connectivity index (χ3n) is 1.81. The lowest BCUT2D eigenvalue weighted by atomic mass is 10.4. The number of pyridine rings is 1. The first-order valence-electron chi connectivity index (χ1n) is 4.36. The average molecular weight is 283 g/mol. The van der Waals surface area contributed by atoms with E-state index >= 15 is 0 Å². The Hall–Kier alpha value is -1.89. The van der Waals surface area contributed by atoms with Gasteiger partial charge in [-0.25, -0.2) is 9.78 Å². The van der Waals surface area contributed by atoms with Gasteiger partial charge in [-0.3, -0.25) is 4.79 Å². The Morgan fingerprint density at radius 2 is 2.25 bits per heavy atom. The van der Waals surface area contributed by atoms with Crippen LogP contribution in [0.5, 0.6) is 0 Å². The highest BCUT2D eigenvalue weighted by Crippen LogP contribution is 2.10. The Kier molecular flexibility index (Phi) is 2.86. The topological polar surface area (TPSA) is 90.6 Å². The fourth-order valence-corrected chi connectivity index (χ4v) is 1.32. The van der Waals surface area contributed by atoms with Crippen molar-refractivity contribution in [2.75, 3.05) is 5.32 Å². The molecule has 0 atom stereocenters. The molecule has 2 rings (SSSR count). The normalized spacial score (nSPS) is 10.1. The van der Waals surface area contributed by atoms with E-state index in [1.165, 1.54) is 6.20 Å². The molecule has 0 aliphatic heterocycles. The smallest absolute Gasteiger partial charge is 0.312 e. The molecule has 0 unspecified atom stereocenters. The number of hydrogen-bond acceptors (Lipinski definition) is 3. The van der Waals surface area contributed by atoms with E-state index < -0.39 is 11.6 Å². The molecule has 0 aliphatic carbocycles. The fourth-order valence-electron chi connectivity index (χ4n) is 1.09. The summed E-state index contributed by atoms with van der Waals surface area (Å²) >= 11 is 3.23. The Morgan fingerprint density at radius 3 is 2.81 bits per heavy atom. The second-order valence-corrected chi connectivity index (χ2v) is 3.89. The molecule has 0 saturated heterocycles. The minimum atomic E-state index is -0.423. The SMILES string of the molecule is O=C(Nc1ccc(Br)cn1)c1c[nH]c(=O)[nH]1. The molecular formula is C9H7BrN4O2. The van der Waals surface area contributed by atoms with E-state index in [0.29, 0.717) is 5.82 Å². The third kappa shape index (κ3) is 2.37. The molecule has 2 aromatic heterocycles. The van der Waals surface area contributed by atoms with Crippen molar-refractivity contribution in [3.63, 3.8) is 0 Å². The van der Waals surface area contributed by atoms with Crippen LogP contribution in [0, 0.1) is 0 Å². The Morgan fingerprint density at radius 1 is 1.44 bits per heavy atom. The molecule has 0 radical (unpaired) electrons. The highest BCUT2D eigenvalue weighted by Gasteiger charge is 2.08. The van der Waals surface area contributed by atoms with Crippen LogP contribution in [0.3, 0.4) is 0 Å². The molecule has 0 saturated carbocycles. The molecule has 7 heteroatoms. The summed E-state index contributed by atoms with van der Waals surface area (Å²) in [6, 6.07) is 3.40. The first-order chi connectivity index (χ1) is 7.65. The molecule has 16 heavy (non-hydrogen) atoms. The number of hydrogen-bond donors (Lipinski definition) is 3. The number of carbonyl (C=O) groups excluding carboxylic acids is 1. The molecule has 82 valence electrons. The van der Waals surface area contributed by atoms with Gasteiger partial charge in [0.05, 0.1) is 0 Å². The lowest BCUT2D eigenvalue weighted by Gasteiger charge is -2.01. The largest absolute Gasteiger partial charge is 0.323 e. The van der Waals surface area contributed by atoms with Crippen LogP contribution in [0.25, 0.3) is 0 Å². The number of halogens is 1. The molecule has 2 aromatic rings. The van der Waals surface area contributed by atoms with E-state index in [2.05, 4.69) is 36.2 Å². The number of aromatic nitrogens is 3. The van der Waals surface area contributed by atoms with E-state index in [9.17, 15) is 9.59 Å². The maximum Gasteiger partial charge on any atom is 0.323 e. The number of aromatic amines is 2. The first kappa shape index (κ1) is 10.6. The van der Waals surface area contributed by atoms with Crippen molar-refractivity contribution in [3.05, 3.63) is 45.2 Å². The summed E-state index contributed by atoms with van der Waals surface area (Å²) in [5.41, 5.74) is -0.261. The third-order valence-corrected chi connectivity index (χ3v) is 2.28. The van der Waals surface area contributed by atoms with Gasteiger partial charge in [0.1, 0.15) is 11.5 Å². The van der Waals surface area contributed by atoms with Crippen LogP contribution in [0.4, 0.5) is 5.82 Å². The van der Waals surface area contributed by atoms with E-state index in [4.69, 9.17) is 0 Å². The lowest BCUT2D eigenvalue weighted by Crippen LogP contribution is -2.14. The zero-order chi connectivity index (χ0) is 11.5. The summed E-state index contributed by atoms with van der Waals surface area (Å²) in [5, 5.41) is 2.54. The number of amides is 1. The Labute approximate surface area is 98.2 Å². The summed E-state index contributed by atoms with van der Waals surface area (Å²) < 4.78 is 0.820. The average Bonchev–Trinajstić information content (AvgIpc) is 2.68. The fraction of sp³-hybridized carbons (Fsp3) is 0. The van der Waals surface area contributed by atoms with Gasteiger partial charge in [-0.15, -0.1) is 0 Å². The molecule has 0 fully saturated rings. The molecule has 0 aliphatic rings. The van der Waals surface area contributed by atoms with Crippen molar-refractivity contribution >= 4 is 27.7 Å². The van der Waals surface area contributed by atoms with Crippen LogP contribution in [0.2, 0.25) is 0 Å². The van der Waals surface area contributed by atoms with Crippen LogP contribution < -0.4 is 11.0 Å². The van der Waals surface area contributed by atoms with Crippen molar-refractivity contribution in [3.8, 4) is 0 Å². The maximum absolute atomic E-state index is 11.6. The molecule has 3 N–H and O–H groups in total. The molecule has 2 heterocycles. The van der Waals surface area contributed by atoms with Gasteiger partial charge >= 0.3 is 5.69 Å². The number of carbonyl (C=O) groups is 1. The minimum absolute atomic E-state index is 0.162. The molecule has 0 spiro atoms. The van der Waals surface area contributed by atoms with Crippen LogP contribution in [-0.2, 0) is 0 Å². The number of nitrogens with one attached hydrogen (secondary N) is 3. The number of anilines is 1. The first-order valence-corrected chi connectivity index (χ1v) is 5.15. The van der Waals surface area contributed by atoms with Gasteiger partial charge in [0.25, 0.3) is 5.91 Å². The van der Waals surface area contributed by atoms with E-state index in [0.717, 1.165) is 4.47 Å². The highest BCUT2D eigenvalue weighted by molar-refractivity contribution is 9.10. The molecule has 0 bridgehead atoms. The predicted molar refractivity (Wildman–Crippen MR) is 61.3 cm³/mol. The van der Waals surface area contributed by atoms with E-state index in [1.54, 1.807) is 18.3 Å². The Balaban J connectivity index is 2.13. The maximum atomic E-state index is 11.6. The van der Waals surface area contributed by atoms with Crippen LogP contribution >= 0.6 is 15.9 Å². The number of rotatable bonds is 2. The number of nitrogens with zero attached hydrogens (tertiary/aromatic N) is 1. The quantitative estimate of drug-likeness (QED) is 0.771. The number of H-pyrrole nitrogens is 2. The zero-order valence-corrected chi connectivity index (χ0v) is 9.54. The Bertz CT molecular complexity index is 557. The summed E-state index contributed by atoms with van der Waals surface area (Å²) in [6.07, 6.45) is 2.87. The highest BCUT2D eigenvalue weighted by atomic mass is 79.9. The predicted octanol–water partition coefficient (Wildman–Crippen LogP) is 1.11. The van der Waals surface area contributed by atoms with Gasteiger partial charge < -0.3 is 15.3 Å². The molecule has 1 amide bonds. The summed E-state index contributed by atoms with van der Waals surface area (Å²) in [4.78, 5) is 31.0. The van der Waals surface area contributed by atoms with Crippen molar-refractivity contribution < 1.29 is 4.79 Å². The van der Waals surface area contributed by atoms with E-state index in [1.807, 2.05) is 0 Å². The second kappa shape index (κ2) is 4.31. The van der Waals surface area contributed by atoms with Gasteiger partial charge in [0.15, 0.2) is 0 Å². The van der Waals surface area contributed by atoms with Crippen LogP contribution in [0.1, 0.15) is 10.5 Å². The van der Waals surface area contributed by atoms with Crippen LogP contribution in [-0.4, -0.2) is 20.9 Å². The van der Waals surface area contributed by atoms with Gasteiger partial charge in [-0.05, 0) is 28.1 Å². The summed E-state index contributed by atoms with van der Waals surface area (Å²) in [7, 11) is 0. The molecule has 6 nitrogen and oxygen atoms in total. The zero-order valence-electron chi connectivity index (χ0n) is 7.95. The molecule has 0 aromatic carbocycles. The van der Waals surface area contributed by atoms with Gasteiger partial charge in [-0.1, -0.05) is 0 Å². The minimum Gasteiger partial charge on any atom is -0.312 e. The van der Waals surface area contributed by atoms with Crippen molar-refractivity contribution in [2.24, 2.45) is 0 Å². The number of imidazole rings is 1. The second-order valence-electron chi connectivity index (χ2n) is 2.97. The van der Waals surface area contributed by atoms with Crippen molar-refractivity contribution in [1.29, 1.82) is 0 Å². The van der Waals surface area contributed by atoms with E-state index in [-0.39, 0.29) is 5.69 Å². The lowest BCUT2D eigenvalue weighted by molar-refractivity contribution is 0.102. The summed E-state index contributed by atoms with van der Waals surface area (Å²) in [5.74, 6) is -0.0107. The van der Waals surface area contributed by atoms with Gasteiger partial charge in [-0.2, -0.15) is 0 Å². The summed E-state index contributed by atoms with van der Waals surface area (Å²) in [6.45, 7) is 0. The van der Waals surface area contributed by atoms with Gasteiger partial charge in [0.2, 0.25) is 0 Å². The molecular weight excluding hydrogens is 276 g/mol. The van der Waals surface area contributed by atoms with Crippen molar-refractivity contribution in [2.45, 2.75) is 0 Å². The van der Waals surface area contributed by atoms with Crippen molar-refractivity contribution in [1.82, 2.24) is 15.0 Å². The standard InChI is InChI=1S/C9H7BrN4O2/c10-5-1-2-7(11-3-5)14-8(15)6-4-12-9(16)13-6/h1-4H,(H,11,14,15)(H2,12,13,16). The monoisotopic (exact) mass is 282 g/mol. The van der Waals surface area contributed by atoms with Gasteiger partial charge in [0, 0.05) is 16.9 Å².